The molecule has 0 radical (unpaired) electrons. The average Bonchev–Trinajstić information content (AvgIpc) is 2.37. The van der Waals surface area contributed by atoms with Gasteiger partial charge in [0.15, 0.2) is 0 Å². The van der Waals surface area contributed by atoms with Gasteiger partial charge < -0.3 is 4.90 Å². The maximum atomic E-state index is 12.8. The van der Waals surface area contributed by atoms with Crippen molar-refractivity contribution in [1.82, 2.24) is 8.84 Å². The fourth-order valence-corrected chi connectivity index (χ4v) is 2.24. The first-order valence-electron chi connectivity index (χ1n) is 6.31. The molecule has 1 fully saturated rings. The molecule has 1 aliphatic heterocycles. The Morgan fingerprint density at radius 2 is 1.63 bits per heavy atom. The first-order chi connectivity index (χ1) is 8.35. The molecule has 2 nitrogen and oxygen atoms in total. The third-order valence-electron chi connectivity index (χ3n) is 3.98. The summed E-state index contributed by atoms with van der Waals surface area (Å²) in [6, 6.07) is 0. The Kier molecular flexibility index (Phi) is 8.46. The van der Waals surface area contributed by atoms with Gasteiger partial charge in [0.2, 0.25) is 0 Å². The zero-order valence-electron chi connectivity index (χ0n) is 11.5. The van der Waals surface area contributed by atoms with E-state index < -0.39 is 18.8 Å². The average molecular weight is 340 g/mol. The topological polar surface area (TPSA) is 6.48 Å². The minimum absolute atomic E-state index is 0. The van der Waals surface area contributed by atoms with Crippen LogP contribution in [0.4, 0.5) is 8.78 Å². The highest BCUT2D eigenvalue weighted by Crippen LogP contribution is 2.33. The maximum Gasteiger partial charge on any atom is 0.0976 e. The Hall–Kier alpha value is 0.650. The normalized spacial score (nSPS) is 20.4. The summed E-state index contributed by atoms with van der Waals surface area (Å²) in [5.74, 6) is 0. The van der Waals surface area contributed by atoms with Gasteiger partial charge in [-0.25, -0.2) is 0 Å². The number of piperidine rings is 1. The van der Waals surface area contributed by atoms with Crippen molar-refractivity contribution in [2.75, 3.05) is 33.0 Å². The monoisotopic (exact) mass is 338 g/mol. The number of hydrogen-bond donors (Lipinski definition) is 0. The Bertz CT molecular complexity index is 251. The molecule has 0 aliphatic carbocycles. The molecule has 1 rings (SSSR count). The van der Waals surface area contributed by atoms with Crippen LogP contribution < -0.4 is 0 Å². The molecule has 0 aromatic carbocycles. The fourth-order valence-electron chi connectivity index (χ4n) is 2.07. The zero-order valence-corrected chi connectivity index (χ0v) is 13.8. The quantitative estimate of drug-likeness (QED) is 0.669. The molecule has 1 heterocycles. The van der Waals surface area contributed by atoms with Crippen LogP contribution in [0.15, 0.2) is 0 Å². The fraction of sp³-hybridized carbons (Fsp3) is 1.00. The highest BCUT2D eigenvalue weighted by atomic mass is 35.5. The summed E-state index contributed by atoms with van der Waals surface area (Å²) in [7, 11) is 0. The molecule has 116 valence electrons. The van der Waals surface area contributed by atoms with Gasteiger partial charge in [0.25, 0.3) is 0 Å². The van der Waals surface area contributed by atoms with Crippen molar-refractivity contribution in [2.45, 2.75) is 38.6 Å². The van der Waals surface area contributed by atoms with Gasteiger partial charge in [0.05, 0.1) is 13.3 Å². The number of rotatable bonds is 6. The lowest BCUT2D eigenvalue weighted by atomic mass is 9.81. The maximum absolute atomic E-state index is 12.8. The summed E-state index contributed by atoms with van der Waals surface area (Å²) >= 11 is 11.5. The zero-order chi connectivity index (χ0) is 13.8. The molecule has 0 unspecified atom stereocenters. The van der Waals surface area contributed by atoms with E-state index in [0.29, 0.717) is 12.8 Å². The summed E-state index contributed by atoms with van der Waals surface area (Å²) < 4.78 is 26.9. The van der Waals surface area contributed by atoms with E-state index in [1.54, 1.807) is 0 Å². The number of hydrogen-bond acceptors (Lipinski definition) is 2. The molecular formula is C12H23Cl3F2N2. The van der Waals surface area contributed by atoms with Crippen LogP contribution in [-0.4, -0.2) is 47.4 Å². The molecule has 0 spiro atoms. The van der Waals surface area contributed by atoms with Gasteiger partial charge in [0.1, 0.15) is 0 Å². The molecule has 7 heteroatoms. The number of nitrogens with zero attached hydrogens (tertiary/aromatic N) is 2. The van der Waals surface area contributed by atoms with Crippen LogP contribution in [0.1, 0.15) is 33.1 Å². The Labute approximate surface area is 131 Å². The van der Waals surface area contributed by atoms with Crippen LogP contribution in [-0.2, 0) is 0 Å². The van der Waals surface area contributed by atoms with E-state index in [9.17, 15) is 8.78 Å². The standard InChI is InChI=1S/C12H22Cl2F2N2.ClH/c1-11(2,18(13)14)3-6-17-7-4-12(9-15,10-16)5-8-17;/h3-10H2,1-2H3;1H. The first kappa shape index (κ1) is 19.7. The minimum atomic E-state index is -0.725. The third kappa shape index (κ3) is 5.50. The van der Waals surface area contributed by atoms with Crippen molar-refractivity contribution in [3.8, 4) is 0 Å². The lowest BCUT2D eigenvalue weighted by molar-refractivity contribution is 0.0504. The summed E-state index contributed by atoms with van der Waals surface area (Å²) in [5.41, 5.74) is -1.02. The Morgan fingerprint density at radius 3 is 2.00 bits per heavy atom. The number of halogens is 5. The van der Waals surface area contributed by atoms with Crippen molar-refractivity contribution in [3.05, 3.63) is 0 Å². The number of alkyl halides is 2. The van der Waals surface area contributed by atoms with Gasteiger partial charge in [0, 0.05) is 11.0 Å². The van der Waals surface area contributed by atoms with Crippen LogP contribution in [0.5, 0.6) is 0 Å². The first-order valence-corrected chi connectivity index (χ1v) is 6.99. The molecule has 0 atom stereocenters. The van der Waals surface area contributed by atoms with Gasteiger partial charge >= 0.3 is 0 Å². The Balaban J connectivity index is 0.00000324. The van der Waals surface area contributed by atoms with E-state index in [1.165, 1.54) is 3.94 Å². The van der Waals surface area contributed by atoms with Gasteiger partial charge in [-0.3, -0.25) is 8.78 Å². The van der Waals surface area contributed by atoms with Gasteiger partial charge in [-0.1, -0.05) is 0 Å². The molecule has 0 N–H and O–H groups in total. The van der Waals surface area contributed by atoms with Gasteiger partial charge in [-0.15, -0.1) is 16.3 Å². The van der Waals surface area contributed by atoms with Crippen molar-refractivity contribution in [3.63, 3.8) is 0 Å². The number of likely N-dealkylation sites (tertiary alicyclic amines) is 1. The van der Waals surface area contributed by atoms with E-state index in [0.717, 1.165) is 26.1 Å². The SMILES string of the molecule is CC(C)(CCN1CCC(CF)(CF)CC1)N(Cl)Cl.Cl. The van der Waals surface area contributed by atoms with E-state index in [2.05, 4.69) is 4.90 Å². The lowest BCUT2D eigenvalue weighted by Crippen LogP contribution is -2.44. The summed E-state index contributed by atoms with van der Waals surface area (Å²) in [6.07, 6.45) is 2.00. The van der Waals surface area contributed by atoms with Crippen LogP contribution in [0.3, 0.4) is 0 Å². The van der Waals surface area contributed by atoms with Crippen LogP contribution in [0.2, 0.25) is 0 Å². The van der Waals surface area contributed by atoms with Crippen molar-refractivity contribution >= 4 is 36.0 Å². The van der Waals surface area contributed by atoms with Gasteiger partial charge in [-0.05, 0) is 76.3 Å². The van der Waals surface area contributed by atoms with Crippen LogP contribution in [0, 0.1) is 5.41 Å². The highest BCUT2D eigenvalue weighted by molar-refractivity contribution is 6.34. The molecular weight excluding hydrogens is 317 g/mol. The van der Waals surface area contributed by atoms with Crippen LogP contribution >= 0.6 is 36.0 Å². The molecule has 0 saturated carbocycles. The largest absolute Gasteiger partial charge is 0.303 e. The summed E-state index contributed by atoms with van der Waals surface area (Å²) in [5, 5.41) is 0. The second-order valence-corrected chi connectivity index (χ2v) is 6.75. The molecule has 0 aromatic heterocycles. The second kappa shape index (κ2) is 8.18. The third-order valence-corrected chi connectivity index (χ3v) is 4.90. The molecule has 0 aromatic rings. The molecule has 0 amide bonds. The van der Waals surface area contributed by atoms with E-state index in [1.807, 2.05) is 13.8 Å². The van der Waals surface area contributed by atoms with E-state index >= 15 is 0 Å². The molecule has 1 aliphatic rings. The predicted molar refractivity (Wildman–Crippen MR) is 79.5 cm³/mol. The van der Waals surface area contributed by atoms with Crippen LogP contribution in [0.25, 0.3) is 0 Å². The van der Waals surface area contributed by atoms with Crippen molar-refractivity contribution in [1.29, 1.82) is 0 Å². The van der Waals surface area contributed by atoms with Gasteiger partial charge in [-0.2, -0.15) is 0 Å². The Morgan fingerprint density at radius 1 is 1.16 bits per heavy atom. The van der Waals surface area contributed by atoms with Crippen molar-refractivity contribution in [2.24, 2.45) is 5.41 Å². The minimum Gasteiger partial charge on any atom is -0.303 e. The van der Waals surface area contributed by atoms with Crippen molar-refractivity contribution < 1.29 is 8.78 Å². The molecule has 19 heavy (non-hydrogen) atoms. The predicted octanol–water partition coefficient (Wildman–Crippen LogP) is 4.21. The summed E-state index contributed by atoms with van der Waals surface area (Å²) in [4.78, 5) is 2.22. The highest BCUT2D eigenvalue weighted by Gasteiger charge is 2.35. The second-order valence-electron chi connectivity index (χ2n) is 5.90. The smallest absolute Gasteiger partial charge is 0.0976 e. The van der Waals surface area contributed by atoms with E-state index in [4.69, 9.17) is 23.6 Å². The lowest BCUT2D eigenvalue weighted by Gasteiger charge is -2.39. The molecule has 1 saturated heterocycles. The van der Waals surface area contributed by atoms with E-state index in [-0.39, 0.29) is 17.9 Å². The molecule has 0 bridgehead atoms. The summed E-state index contributed by atoms with van der Waals surface area (Å²) in [6.45, 7) is 5.15.